The monoisotopic (exact) mass is 531 g/mol. The summed E-state index contributed by atoms with van der Waals surface area (Å²) in [5.41, 5.74) is 7.22. The molecule has 7 aromatic carbocycles. The van der Waals surface area contributed by atoms with E-state index in [1.54, 1.807) is 6.07 Å². The molecule has 0 N–H and O–H groups in total. The van der Waals surface area contributed by atoms with Gasteiger partial charge in [0.05, 0.1) is 11.0 Å². The van der Waals surface area contributed by atoms with Crippen molar-refractivity contribution in [3.8, 4) is 27.9 Å². The average Bonchev–Trinajstić information content (AvgIpc) is 3.36. The highest BCUT2D eigenvalue weighted by molar-refractivity contribution is 6.21. The number of para-hydroxylation sites is 2. The van der Waals surface area contributed by atoms with E-state index in [2.05, 4.69) is 102 Å². The van der Waals surface area contributed by atoms with E-state index >= 15 is 0 Å². The van der Waals surface area contributed by atoms with E-state index in [9.17, 15) is 8.78 Å². The number of nitrogens with zero attached hydrogens (tertiary/aromatic N) is 1. The molecule has 8 rings (SSSR count). The maximum absolute atomic E-state index is 14.4. The van der Waals surface area contributed by atoms with Gasteiger partial charge in [0, 0.05) is 16.5 Å². The molecule has 41 heavy (non-hydrogen) atoms. The Labute approximate surface area is 235 Å². The summed E-state index contributed by atoms with van der Waals surface area (Å²) in [6.07, 6.45) is 0. The molecule has 8 aromatic rings. The highest BCUT2D eigenvalue weighted by atomic mass is 19.2. The third-order valence-electron chi connectivity index (χ3n) is 8.13. The Bertz CT molecular complexity index is 2170. The van der Waals surface area contributed by atoms with Crippen LogP contribution in [0.5, 0.6) is 0 Å². The number of fused-ring (bicyclic) bond motifs is 5. The van der Waals surface area contributed by atoms with E-state index in [-0.39, 0.29) is 0 Å². The second-order valence-electron chi connectivity index (χ2n) is 10.4. The molecule has 1 heterocycles. The lowest BCUT2D eigenvalue weighted by Crippen LogP contribution is -1.95. The summed E-state index contributed by atoms with van der Waals surface area (Å²) >= 11 is 0. The number of halogens is 2. The molecular formula is C38H23F2N. The topological polar surface area (TPSA) is 4.93 Å². The molecule has 0 aliphatic heterocycles. The lowest BCUT2D eigenvalue weighted by atomic mass is 9.86. The molecular weight excluding hydrogens is 508 g/mol. The third kappa shape index (κ3) is 3.59. The molecule has 0 aliphatic carbocycles. The zero-order valence-corrected chi connectivity index (χ0v) is 22.0. The van der Waals surface area contributed by atoms with Crippen LogP contribution in [0, 0.1) is 11.6 Å². The Hall–Kier alpha value is -5.28. The first kappa shape index (κ1) is 23.6. The standard InChI is InChI=1S/C38H23F2N/c39-33-22-19-25(23-34(33)40)38-31-13-3-1-11-29(31)37(30-12-2-4-14-32(30)38)24-17-20-26(21-18-24)41-35-15-7-5-9-27(35)28-10-6-8-16-36(28)41/h1-23H. The van der Waals surface area contributed by atoms with E-state index in [4.69, 9.17) is 0 Å². The predicted molar refractivity (Wildman–Crippen MR) is 167 cm³/mol. The van der Waals surface area contributed by atoms with Gasteiger partial charge in [0.25, 0.3) is 0 Å². The maximum atomic E-state index is 14.4. The average molecular weight is 532 g/mol. The molecule has 0 spiro atoms. The summed E-state index contributed by atoms with van der Waals surface area (Å²) in [5.74, 6) is -1.69. The predicted octanol–water partition coefficient (Wildman–Crippen LogP) is 10.7. The highest BCUT2D eigenvalue weighted by Gasteiger charge is 2.18. The quantitative estimate of drug-likeness (QED) is 0.200. The summed E-state index contributed by atoms with van der Waals surface area (Å²) in [6, 6.07) is 46.3. The molecule has 0 fully saturated rings. The van der Waals surface area contributed by atoms with E-state index in [1.165, 1.54) is 33.9 Å². The van der Waals surface area contributed by atoms with Gasteiger partial charge in [-0.2, -0.15) is 0 Å². The Morgan fingerprint density at radius 3 is 1.27 bits per heavy atom. The molecule has 194 valence electrons. The fourth-order valence-corrected chi connectivity index (χ4v) is 6.38. The molecule has 0 unspecified atom stereocenters. The number of benzene rings is 7. The fraction of sp³-hybridized carbons (Fsp3) is 0. The van der Waals surface area contributed by atoms with Crippen LogP contribution >= 0.6 is 0 Å². The van der Waals surface area contributed by atoms with Crippen molar-refractivity contribution >= 4 is 43.4 Å². The third-order valence-corrected chi connectivity index (χ3v) is 8.13. The molecule has 0 saturated heterocycles. The highest BCUT2D eigenvalue weighted by Crippen LogP contribution is 2.44. The Balaban J connectivity index is 1.37. The Morgan fingerprint density at radius 2 is 0.780 bits per heavy atom. The largest absolute Gasteiger partial charge is 0.309 e. The van der Waals surface area contributed by atoms with Crippen LogP contribution in [0.3, 0.4) is 0 Å². The first-order valence-corrected chi connectivity index (χ1v) is 13.7. The van der Waals surface area contributed by atoms with E-state index in [0.29, 0.717) is 5.56 Å². The second-order valence-corrected chi connectivity index (χ2v) is 10.4. The van der Waals surface area contributed by atoms with Gasteiger partial charge in [0.2, 0.25) is 0 Å². The van der Waals surface area contributed by atoms with Crippen molar-refractivity contribution in [2.24, 2.45) is 0 Å². The normalized spacial score (nSPS) is 11.7. The molecule has 0 saturated carbocycles. The number of rotatable bonds is 3. The summed E-state index contributed by atoms with van der Waals surface area (Å²) in [4.78, 5) is 0. The zero-order chi connectivity index (χ0) is 27.5. The first-order chi connectivity index (χ1) is 20.2. The van der Waals surface area contributed by atoms with E-state index in [1.807, 2.05) is 24.3 Å². The van der Waals surface area contributed by atoms with Crippen LogP contribution in [0.2, 0.25) is 0 Å². The molecule has 0 amide bonds. The Kier molecular flexibility index (Phi) is 5.26. The molecule has 0 atom stereocenters. The van der Waals surface area contributed by atoms with Crippen molar-refractivity contribution in [2.45, 2.75) is 0 Å². The van der Waals surface area contributed by atoms with Gasteiger partial charge >= 0.3 is 0 Å². The van der Waals surface area contributed by atoms with Crippen molar-refractivity contribution in [2.75, 3.05) is 0 Å². The minimum absolute atomic E-state index is 0.657. The van der Waals surface area contributed by atoms with Gasteiger partial charge in [-0.1, -0.05) is 103 Å². The van der Waals surface area contributed by atoms with Crippen LogP contribution < -0.4 is 0 Å². The maximum Gasteiger partial charge on any atom is 0.159 e. The fourth-order valence-electron chi connectivity index (χ4n) is 6.38. The van der Waals surface area contributed by atoms with Gasteiger partial charge in [-0.25, -0.2) is 8.78 Å². The molecule has 3 heteroatoms. The summed E-state index contributed by atoms with van der Waals surface area (Å²) in [7, 11) is 0. The molecule has 1 nitrogen and oxygen atoms in total. The van der Waals surface area contributed by atoms with Crippen LogP contribution in [-0.4, -0.2) is 4.57 Å². The van der Waals surface area contributed by atoms with Crippen molar-refractivity contribution in [1.29, 1.82) is 0 Å². The van der Waals surface area contributed by atoms with Crippen LogP contribution in [0.15, 0.2) is 140 Å². The second kappa shape index (κ2) is 9.14. The van der Waals surface area contributed by atoms with Gasteiger partial charge in [-0.15, -0.1) is 0 Å². The minimum atomic E-state index is -0.847. The number of hydrogen-bond acceptors (Lipinski definition) is 0. The van der Waals surface area contributed by atoms with Gasteiger partial charge < -0.3 is 4.57 Å². The number of hydrogen-bond donors (Lipinski definition) is 0. The van der Waals surface area contributed by atoms with Gasteiger partial charge in [-0.3, -0.25) is 0 Å². The van der Waals surface area contributed by atoms with Gasteiger partial charge in [0.15, 0.2) is 11.6 Å². The molecule has 0 aliphatic rings. The molecule has 0 bridgehead atoms. The zero-order valence-electron chi connectivity index (χ0n) is 22.0. The van der Waals surface area contributed by atoms with Crippen LogP contribution in [-0.2, 0) is 0 Å². The summed E-state index contributed by atoms with van der Waals surface area (Å²) in [5, 5.41) is 6.59. The van der Waals surface area contributed by atoms with Crippen molar-refractivity contribution < 1.29 is 8.78 Å². The number of aromatic nitrogens is 1. The molecule has 1 aromatic heterocycles. The van der Waals surface area contributed by atoms with Crippen molar-refractivity contribution in [3.05, 3.63) is 151 Å². The van der Waals surface area contributed by atoms with Crippen molar-refractivity contribution in [1.82, 2.24) is 4.57 Å². The van der Waals surface area contributed by atoms with Crippen LogP contribution in [0.4, 0.5) is 8.78 Å². The minimum Gasteiger partial charge on any atom is -0.309 e. The SMILES string of the molecule is Fc1ccc(-c2c3ccccc3c(-c3ccc(-n4c5ccccc5c5ccccc54)cc3)c3ccccc23)cc1F. The van der Waals surface area contributed by atoms with Gasteiger partial charge in [-0.05, 0) is 80.2 Å². The smallest absolute Gasteiger partial charge is 0.159 e. The van der Waals surface area contributed by atoms with Crippen LogP contribution in [0.25, 0.3) is 71.3 Å². The van der Waals surface area contributed by atoms with Crippen LogP contribution in [0.1, 0.15) is 0 Å². The summed E-state index contributed by atoms with van der Waals surface area (Å²) in [6.45, 7) is 0. The molecule has 0 radical (unpaired) electrons. The lowest BCUT2D eigenvalue weighted by Gasteiger charge is -2.18. The lowest BCUT2D eigenvalue weighted by molar-refractivity contribution is 0.509. The Morgan fingerprint density at radius 1 is 0.366 bits per heavy atom. The summed E-state index contributed by atoms with van der Waals surface area (Å²) < 4.78 is 30.6. The van der Waals surface area contributed by atoms with E-state index in [0.717, 1.165) is 43.9 Å². The van der Waals surface area contributed by atoms with E-state index < -0.39 is 11.6 Å². The first-order valence-electron chi connectivity index (χ1n) is 13.7. The van der Waals surface area contributed by atoms with Crippen molar-refractivity contribution in [3.63, 3.8) is 0 Å². The van der Waals surface area contributed by atoms with Gasteiger partial charge in [0.1, 0.15) is 0 Å².